The predicted octanol–water partition coefficient (Wildman–Crippen LogP) is 5.77. The molecule has 4 aromatic rings. The maximum atomic E-state index is 13.4. The van der Waals surface area contributed by atoms with Crippen molar-refractivity contribution in [1.82, 2.24) is 20.1 Å². The molecule has 5 rings (SSSR count). The van der Waals surface area contributed by atoms with Crippen LogP contribution in [0.3, 0.4) is 0 Å². The summed E-state index contributed by atoms with van der Waals surface area (Å²) in [4.78, 5) is 20.3. The van der Waals surface area contributed by atoms with Crippen LogP contribution in [0.5, 0.6) is 0 Å². The minimum absolute atomic E-state index is 0.109. The first-order valence-corrected chi connectivity index (χ1v) is 11.3. The van der Waals surface area contributed by atoms with Crippen LogP contribution in [-0.4, -0.2) is 32.0 Å². The number of amides is 1. The topological polar surface area (TPSA) is 72.1 Å². The van der Waals surface area contributed by atoms with Gasteiger partial charge in [-0.3, -0.25) is 4.79 Å². The van der Waals surface area contributed by atoms with Crippen LogP contribution in [0.25, 0.3) is 22.0 Å². The summed E-state index contributed by atoms with van der Waals surface area (Å²) < 4.78 is 19.1. The molecule has 162 valence electrons. The van der Waals surface area contributed by atoms with Gasteiger partial charge in [-0.15, -0.1) is 21.5 Å². The van der Waals surface area contributed by atoms with Crippen molar-refractivity contribution in [3.63, 3.8) is 0 Å². The quantitative estimate of drug-likeness (QED) is 0.359. The molecule has 0 spiro atoms. The molecule has 0 aliphatic heterocycles. The Kier molecular flexibility index (Phi) is 5.48. The fourth-order valence-corrected chi connectivity index (χ4v) is 4.52. The third-order valence-electron chi connectivity index (χ3n) is 5.19. The number of aromatic nitrogens is 3. The van der Waals surface area contributed by atoms with E-state index in [2.05, 4.69) is 15.2 Å². The van der Waals surface area contributed by atoms with Crippen LogP contribution in [0.2, 0.25) is 5.02 Å². The van der Waals surface area contributed by atoms with E-state index in [1.807, 2.05) is 6.92 Å². The van der Waals surface area contributed by atoms with Crippen LogP contribution in [0, 0.1) is 12.7 Å². The highest BCUT2D eigenvalue weighted by Gasteiger charge is 2.36. The minimum Gasteiger partial charge on any atom is -0.419 e. The van der Waals surface area contributed by atoms with E-state index >= 15 is 0 Å². The van der Waals surface area contributed by atoms with Crippen molar-refractivity contribution in [2.45, 2.75) is 32.4 Å². The second-order valence-corrected chi connectivity index (χ2v) is 9.05. The molecule has 1 saturated carbocycles. The first kappa shape index (κ1) is 20.8. The van der Waals surface area contributed by atoms with Gasteiger partial charge in [0.05, 0.1) is 12.2 Å². The first-order chi connectivity index (χ1) is 15.5. The predicted molar refractivity (Wildman–Crippen MR) is 120 cm³/mol. The highest BCUT2D eigenvalue weighted by atomic mass is 35.5. The highest BCUT2D eigenvalue weighted by Crippen LogP contribution is 2.34. The van der Waals surface area contributed by atoms with E-state index in [1.54, 1.807) is 41.3 Å². The first-order valence-electron chi connectivity index (χ1n) is 10.1. The summed E-state index contributed by atoms with van der Waals surface area (Å²) in [6, 6.07) is 13.4. The Labute approximate surface area is 192 Å². The lowest BCUT2D eigenvalue weighted by molar-refractivity contribution is 0.0718. The van der Waals surface area contributed by atoms with Gasteiger partial charge in [0.15, 0.2) is 0 Å². The highest BCUT2D eigenvalue weighted by molar-refractivity contribution is 7.17. The lowest BCUT2D eigenvalue weighted by Gasteiger charge is -2.19. The van der Waals surface area contributed by atoms with Gasteiger partial charge in [-0.25, -0.2) is 9.37 Å². The number of aryl methyl sites for hydroxylation is 1. The van der Waals surface area contributed by atoms with E-state index in [-0.39, 0.29) is 24.3 Å². The molecule has 0 radical (unpaired) electrons. The zero-order valence-electron chi connectivity index (χ0n) is 17.1. The molecule has 2 aromatic heterocycles. The Hall–Kier alpha value is -3.10. The Morgan fingerprint density at radius 1 is 1.12 bits per heavy atom. The van der Waals surface area contributed by atoms with E-state index in [0.717, 1.165) is 24.0 Å². The molecule has 1 fully saturated rings. The van der Waals surface area contributed by atoms with Crippen molar-refractivity contribution < 1.29 is 13.6 Å². The Bertz CT molecular complexity index is 1270. The number of halogens is 2. The van der Waals surface area contributed by atoms with Crippen LogP contribution in [-0.2, 0) is 6.54 Å². The van der Waals surface area contributed by atoms with E-state index in [4.69, 9.17) is 16.0 Å². The number of benzene rings is 2. The summed E-state index contributed by atoms with van der Waals surface area (Å²) in [5.41, 5.74) is 2.19. The van der Waals surface area contributed by atoms with Crippen LogP contribution < -0.4 is 0 Å². The molecular weight excluding hydrogens is 451 g/mol. The van der Waals surface area contributed by atoms with Crippen molar-refractivity contribution >= 4 is 28.8 Å². The summed E-state index contributed by atoms with van der Waals surface area (Å²) in [6.07, 6.45) is 1.87. The van der Waals surface area contributed by atoms with Crippen molar-refractivity contribution in [2.75, 3.05) is 0 Å². The number of nitrogens with zero attached hydrogens (tertiary/aromatic N) is 4. The van der Waals surface area contributed by atoms with E-state index in [0.29, 0.717) is 32.4 Å². The van der Waals surface area contributed by atoms with E-state index in [9.17, 15) is 9.18 Å². The second kappa shape index (κ2) is 8.44. The van der Waals surface area contributed by atoms with E-state index in [1.165, 1.54) is 23.5 Å². The lowest BCUT2D eigenvalue weighted by atomic mass is 10.2. The molecular formula is C23H18ClFN4O2S. The van der Waals surface area contributed by atoms with Gasteiger partial charge in [-0.05, 0) is 68.3 Å². The minimum atomic E-state index is -0.309. The number of carbonyl (C=O) groups is 1. The molecule has 6 nitrogen and oxygen atoms in total. The maximum Gasteiger partial charge on any atom is 0.266 e. The number of rotatable bonds is 6. The monoisotopic (exact) mass is 468 g/mol. The fourth-order valence-electron chi connectivity index (χ4n) is 3.37. The second-order valence-electron chi connectivity index (χ2n) is 7.61. The molecule has 1 aliphatic carbocycles. The molecule has 0 bridgehead atoms. The molecule has 2 heterocycles. The third-order valence-corrected chi connectivity index (χ3v) is 6.64. The Morgan fingerprint density at radius 2 is 1.81 bits per heavy atom. The smallest absolute Gasteiger partial charge is 0.266 e. The third kappa shape index (κ3) is 4.28. The van der Waals surface area contributed by atoms with Crippen LogP contribution in [0.15, 0.2) is 52.9 Å². The van der Waals surface area contributed by atoms with Crippen molar-refractivity contribution in [3.8, 4) is 22.0 Å². The fraction of sp³-hybridized carbons (Fsp3) is 0.217. The van der Waals surface area contributed by atoms with Gasteiger partial charge in [0.25, 0.3) is 5.91 Å². The summed E-state index contributed by atoms with van der Waals surface area (Å²) >= 11 is 7.25. The molecule has 0 saturated heterocycles. The zero-order valence-corrected chi connectivity index (χ0v) is 18.7. The van der Waals surface area contributed by atoms with Gasteiger partial charge in [0.2, 0.25) is 11.8 Å². The Morgan fingerprint density at radius 3 is 2.50 bits per heavy atom. The van der Waals surface area contributed by atoms with E-state index < -0.39 is 0 Å². The maximum absolute atomic E-state index is 13.4. The summed E-state index contributed by atoms with van der Waals surface area (Å²) in [6.45, 7) is 2.04. The average Bonchev–Trinajstić information content (AvgIpc) is 3.40. The molecule has 0 N–H and O–H groups in total. The molecule has 0 unspecified atom stereocenters. The van der Waals surface area contributed by atoms with Crippen LogP contribution in [0.4, 0.5) is 4.39 Å². The molecule has 1 aliphatic rings. The molecule has 9 heteroatoms. The van der Waals surface area contributed by atoms with Gasteiger partial charge < -0.3 is 9.32 Å². The number of carbonyl (C=O) groups excluding carboxylic acids is 1. The van der Waals surface area contributed by atoms with Gasteiger partial charge in [0.1, 0.15) is 15.7 Å². The van der Waals surface area contributed by atoms with Gasteiger partial charge in [0, 0.05) is 22.2 Å². The van der Waals surface area contributed by atoms with Crippen molar-refractivity contribution in [1.29, 1.82) is 0 Å². The molecule has 0 atom stereocenters. The summed E-state index contributed by atoms with van der Waals surface area (Å²) in [5.74, 6) is 0.335. The number of hydrogen-bond acceptors (Lipinski definition) is 6. The van der Waals surface area contributed by atoms with Gasteiger partial charge in [-0.1, -0.05) is 11.6 Å². The summed E-state index contributed by atoms with van der Waals surface area (Å²) in [5, 5.41) is 9.55. The molecule has 32 heavy (non-hydrogen) atoms. The number of thiazole rings is 1. The van der Waals surface area contributed by atoms with Gasteiger partial charge in [-0.2, -0.15) is 0 Å². The largest absolute Gasteiger partial charge is 0.419 e. The zero-order chi connectivity index (χ0) is 22.2. The van der Waals surface area contributed by atoms with Crippen molar-refractivity contribution in [2.24, 2.45) is 0 Å². The standard InChI is InChI=1S/C23H18ClFN4O2S/c1-13-20(32-22(26-13)15-4-8-17(25)9-5-15)23(30)29(18-10-11-18)12-19-27-28-21(31-19)14-2-6-16(24)7-3-14/h2-9,18H,10-12H2,1H3. The van der Waals surface area contributed by atoms with Gasteiger partial charge >= 0.3 is 0 Å². The van der Waals surface area contributed by atoms with Crippen LogP contribution >= 0.6 is 22.9 Å². The molecule has 1 amide bonds. The van der Waals surface area contributed by atoms with Crippen molar-refractivity contribution in [3.05, 3.63) is 75.8 Å². The Balaban J connectivity index is 1.37. The normalized spacial score (nSPS) is 13.3. The lowest BCUT2D eigenvalue weighted by Crippen LogP contribution is -2.32. The van der Waals surface area contributed by atoms with Crippen LogP contribution in [0.1, 0.15) is 34.1 Å². The SMILES string of the molecule is Cc1nc(-c2ccc(F)cc2)sc1C(=O)N(Cc1nnc(-c2ccc(Cl)cc2)o1)C1CC1. The average molecular weight is 469 g/mol. The summed E-state index contributed by atoms with van der Waals surface area (Å²) in [7, 11) is 0. The molecule has 2 aromatic carbocycles. The number of hydrogen-bond donors (Lipinski definition) is 0.